The third kappa shape index (κ3) is 6.67. The van der Waals surface area contributed by atoms with Crippen molar-refractivity contribution in [3.63, 3.8) is 0 Å². The van der Waals surface area contributed by atoms with E-state index in [2.05, 4.69) is 14.9 Å². The van der Waals surface area contributed by atoms with E-state index in [9.17, 15) is 13.2 Å². The molecule has 1 aliphatic heterocycles. The highest BCUT2D eigenvalue weighted by atomic mass is 32.2. The highest BCUT2D eigenvalue weighted by Crippen LogP contribution is 2.24. The molecule has 1 saturated heterocycles. The maximum absolute atomic E-state index is 13.1. The molecule has 0 aliphatic carbocycles. The monoisotopic (exact) mass is 461 g/mol. The molecule has 1 aliphatic rings. The van der Waals surface area contributed by atoms with E-state index in [0.717, 1.165) is 37.3 Å². The number of carbonyl (C=O) groups is 1. The summed E-state index contributed by atoms with van der Waals surface area (Å²) in [7, 11) is -3.81. The Labute approximate surface area is 191 Å². The van der Waals surface area contributed by atoms with Gasteiger partial charge in [0.25, 0.3) is 0 Å². The molecular weight excluding hydrogens is 426 g/mol. The second kappa shape index (κ2) is 11.1. The molecule has 7 nitrogen and oxygen atoms in total. The van der Waals surface area contributed by atoms with Gasteiger partial charge in [-0.3, -0.25) is 9.69 Å². The topological polar surface area (TPSA) is 91.6 Å². The highest BCUT2D eigenvalue weighted by molar-refractivity contribution is 7.89. The number of hydrogen-bond acceptors (Lipinski definition) is 5. The van der Waals surface area contributed by atoms with Crippen LogP contribution in [0, 0.1) is 12.8 Å². The molecule has 2 atom stereocenters. The van der Waals surface area contributed by atoms with E-state index < -0.39 is 16.1 Å². The lowest BCUT2D eigenvalue weighted by Crippen LogP contribution is -2.49. The van der Waals surface area contributed by atoms with Crippen LogP contribution in [0.5, 0.6) is 0 Å². The molecular formula is C24H35N3O4S. The van der Waals surface area contributed by atoms with Crippen molar-refractivity contribution in [1.29, 1.82) is 0 Å². The number of nitrogens with zero attached hydrogens (tertiary/aromatic N) is 1. The van der Waals surface area contributed by atoms with Crippen LogP contribution < -0.4 is 10.0 Å². The van der Waals surface area contributed by atoms with Crippen molar-refractivity contribution in [2.45, 2.75) is 63.4 Å². The molecule has 1 aromatic heterocycles. The Balaban J connectivity index is 1.71. The number of hydrogen-bond donors (Lipinski definition) is 2. The van der Waals surface area contributed by atoms with E-state index in [1.807, 2.05) is 32.9 Å². The number of likely N-dealkylation sites (tertiary alicyclic amines) is 1. The number of sulfonamides is 1. The summed E-state index contributed by atoms with van der Waals surface area (Å²) in [5, 5.41) is 2.99. The molecule has 0 saturated carbocycles. The van der Waals surface area contributed by atoms with Crippen LogP contribution in [-0.4, -0.2) is 44.9 Å². The SMILES string of the molecule is Cc1ccc(S(=O)(=O)NC(CC(C)C)C(=O)NCC(c2ccco2)N2CCCCC2)cc1. The molecule has 2 N–H and O–H groups in total. The van der Waals surface area contributed by atoms with Crippen LogP contribution in [0.25, 0.3) is 0 Å². The lowest BCUT2D eigenvalue weighted by atomic mass is 10.0. The molecule has 2 unspecified atom stereocenters. The molecule has 3 rings (SSSR count). The highest BCUT2D eigenvalue weighted by Gasteiger charge is 2.29. The number of nitrogens with one attached hydrogen (secondary N) is 2. The summed E-state index contributed by atoms with van der Waals surface area (Å²) in [4.78, 5) is 15.6. The number of piperidine rings is 1. The molecule has 1 fully saturated rings. The molecule has 2 aromatic rings. The van der Waals surface area contributed by atoms with Crippen LogP contribution in [-0.2, 0) is 14.8 Å². The average Bonchev–Trinajstić information content (AvgIpc) is 3.28. The molecule has 0 bridgehead atoms. The van der Waals surface area contributed by atoms with E-state index in [0.29, 0.717) is 13.0 Å². The van der Waals surface area contributed by atoms with Crippen LogP contribution in [0.4, 0.5) is 0 Å². The van der Waals surface area contributed by atoms with E-state index >= 15 is 0 Å². The van der Waals surface area contributed by atoms with Crippen molar-refractivity contribution in [1.82, 2.24) is 14.9 Å². The van der Waals surface area contributed by atoms with Gasteiger partial charge in [0.2, 0.25) is 15.9 Å². The van der Waals surface area contributed by atoms with Gasteiger partial charge in [-0.2, -0.15) is 4.72 Å². The minimum absolute atomic E-state index is 0.0670. The third-order valence-corrected chi connectivity index (χ3v) is 7.31. The lowest BCUT2D eigenvalue weighted by molar-refractivity contribution is -0.123. The van der Waals surface area contributed by atoms with Gasteiger partial charge in [0, 0.05) is 6.54 Å². The van der Waals surface area contributed by atoms with Crippen LogP contribution in [0.15, 0.2) is 52.0 Å². The van der Waals surface area contributed by atoms with Gasteiger partial charge in [0.15, 0.2) is 0 Å². The summed E-state index contributed by atoms with van der Waals surface area (Å²) in [6, 6.07) is 9.48. The van der Waals surface area contributed by atoms with Crippen molar-refractivity contribution in [2.24, 2.45) is 5.92 Å². The van der Waals surface area contributed by atoms with Gasteiger partial charge in [-0.05, 0) is 69.5 Å². The zero-order chi connectivity index (χ0) is 23.1. The third-order valence-electron chi connectivity index (χ3n) is 5.82. The van der Waals surface area contributed by atoms with Crippen molar-refractivity contribution in [2.75, 3.05) is 19.6 Å². The number of amides is 1. The van der Waals surface area contributed by atoms with Gasteiger partial charge < -0.3 is 9.73 Å². The molecule has 176 valence electrons. The minimum Gasteiger partial charge on any atom is -0.468 e. The summed E-state index contributed by atoms with van der Waals surface area (Å²) < 4.78 is 34.1. The largest absolute Gasteiger partial charge is 0.468 e. The Hall–Kier alpha value is -2.16. The van der Waals surface area contributed by atoms with Crippen LogP contribution in [0.2, 0.25) is 0 Å². The Kier molecular flexibility index (Phi) is 8.51. The van der Waals surface area contributed by atoms with Gasteiger partial charge in [0.1, 0.15) is 11.8 Å². The van der Waals surface area contributed by atoms with E-state index in [1.54, 1.807) is 30.5 Å². The van der Waals surface area contributed by atoms with Crippen molar-refractivity contribution in [3.05, 3.63) is 54.0 Å². The average molecular weight is 462 g/mol. The predicted octanol–water partition coefficient (Wildman–Crippen LogP) is 3.62. The fourth-order valence-electron chi connectivity index (χ4n) is 4.09. The molecule has 0 spiro atoms. The predicted molar refractivity (Wildman–Crippen MR) is 125 cm³/mol. The Morgan fingerprint density at radius 2 is 1.78 bits per heavy atom. The van der Waals surface area contributed by atoms with Gasteiger partial charge in [0.05, 0.1) is 17.2 Å². The second-order valence-corrected chi connectivity index (χ2v) is 10.7. The molecule has 2 heterocycles. The Bertz CT molecular complexity index is 950. The molecule has 1 amide bonds. The molecule has 1 aromatic carbocycles. The quantitative estimate of drug-likeness (QED) is 0.564. The first-order chi connectivity index (χ1) is 15.3. The first-order valence-corrected chi connectivity index (χ1v) is 12.9. The Morgan fingerprint density at radius 1 is 1.09 bits per heavy atom. The van der Waals surface area contributed by atoms with E-state index in [1.165, 1.54) is 6.42 Å². The van der Waals surface area contributed by atoms with Crippen molar-refractivity contribution < 1.29 is 17.6 Å². The lowest BCUT2D eigenvalue weighted by Gasteiger charge is -2.33. The standard InChI is InChI=1S/C24H35N3O4S/c1-18(2)16-21(26-32(29,30)20-11-9-19(3)10-12-20)24(28)25-17-22(23-8-7-15-31-23)27-13-5-4-6-14-27/h7-12,15,18,21-22,26H,4-6,13-14,16-17H2,1-3H3,(H,25,28). The summed E-state index contributed by atoms with van der Waals surface area (Å²) in [6.07, 6.45) is 5.51. The zero-order valence-electron chi connectivity index (χ0n) is 19.2. The maximum atomic E-state index is 13.1. The summed E-state index contributed by atoms with van der Waals surface area (Å²) in [5.74, 6) is 0.644. The first kappa shape index (κ1) is 24.5. The number of benzene rings is 1. The minimum atomic E-state index is -3.81. The number of rotatable bonds is 10. The first-order valence-electron chi connectivity index (χ1n) is 11.4. The van der Waals surface area contributed by atoms with Crippen molar-refractivity contribution in [3.8, 4) is 0 Å². The van der Waals surface area contributed by atoms with E-state index in [-0.39, 0.29) is 22.8 Å². The molecule has 8 heteroatoms. The molecule has 0 radical (unpaired) electrons. The maximum Gasteiger partial charge on any atom is 0.241 e. The normalized spacial score (nSPS) is 17.2. The number of carbonyl (C=O) groups excluding carboxylic acids is 1. The van der Waals surface area contributed by atoms with Gasteiger partial charge in [-0.1, -0.05) is 38.0 Å². The summed E-state index contributed by atoms with van der Waals surface area (Å²) in [6.45, 7) is 8.12. The second-order valence-electron chi connectivity index (χ2n) is 8.99. The summed E-state index contributed by atoms with van der Waals surface area (Å²) >= 11 is 0. The fraction of sp³-hybridized carbons (Fsp3) is 0.542. The van der Waals surface area contributed by atoms with E-state index in [4.69, 9.17) is 4.42 Å². The molecule has 32 heavy (non-hydrogen) atoms. The van der Waals surface area contributed by atoms with Crippen LogP contribution in [0.3, 0.4) is 0 Å². The van der Waals surface area contributed by atoms with Crippen LogP contribution >= 0.6 is 0 Å². The van der Waals surface area contributed by atoms with Crippen LogP contribution in [0.1, 0.15) is 56.9 Å². The van der Waals surface area contributed by atoms with Gasteiger partial charge in [-0.15, -0.1) is 0 Å². The Morgan fingerprint density at radius 3 is 2.38 bits per heavy atom. The summed E-state index contributed by atoms with van der Waals surface area (Å²) in [5.41, 5.74) is 0.974. The van der Waals surface area contributed by atoms with Crippen molar-refractivity contribution >= 4 is 15.9 Å². The van der Waals surface area contributed by atoms with Gasteiger partial charge in [-0.25, -0.2) is 8.42 Å². The smallest absolute Gasteiger partial charge is 0.241 e. The fourth-order valence-corrected chi connectivity index (χ4v) is 5.30. The zero-order valence-corrected chi connectivity index (χ0v) is 20.0. The van der Waals surface area contributed by atoms with Gasteiger partial charge >= 0.3 is 0 Å². The number of furan rings is 1. The number of aryl methyl sites for hydroxylation is 1.